The van der Waals surface area contributed by atoms with Gasteiger partial charge in [0.25, 0.3) is 5.91 Å². The lowest BCUT2D eigenvalue weighted by molar-refractivity contribution is -0.144. The standard InChI is InChI=1S/C19H19BrN2O4/c1-26-19(25)16(11-14-9-5-6-10-15(14)20)22-17(23)12-21-18(24)13-7-3-2-4-8-13/h2-10,16H,11-12H2,1H3,(H,21,24)(H,22,23)/t16-/m1/s1. The summed E-state index contributed by atoms with van der Waals surface area (Å²) in [4.78, 5) is 36.1. The van der Waals surface area contributed by atoms with Gasteiger partial charge in [-0.15, -0.1) is 0 Å². The van der Waals surface area contributed by atoms with Crippen molar-refractivity contribution in [3.8, 4) is 0 Å². The fourth-order valence-corrected chi connectivity index (χ4v) is 2.76. The second kappa shape index (κ2) is 9.72. The molecule has 0 aliphatic rings. The van der Waals surface area contributed by atoms with Crippen LogP contribution in [0.25, 0.3) is 0 Å². The van der Waals surface area contributed by atoms with Crippen molar-refractivity contribution in [2.24, 2.45) is 0 Å². The van der Waals surface area contributed by atoms with Gasteiger partial charge in [0.15, 0.2) is 0 Å². The van der Waals surface area contributed by atoms with E-state index in [9.17, 15) is 14.4 Å². The SMILES string of the molecule is COC(=O)[C@@H](Cc1ccccc1Br)NC(=O)CNC(=O)c1ccccc1. The average molecular weight is 419 g/mol. The number of rotatable bonds is 7. The molecule has 0 saturated heterocycles. The molecule has 0 aliphatic carbocycles. The van der Waals surface area contributed by atoms with Crippen molar-refractivity contribution in [2.45, 2.75) is 12.5 Å². The van der Waals surface area contributed by atoms with E-state index in [-0.39, 0.29) is 18.9 Å². The Balaban J connectivity index is 1.95. The zero-order chi connectivity index (χ0) is 18.9. The minimum atomic E-state index is -0.847. The highest BCUT2D eigenvalue weighted by Gasteiger charge is 2.23. The zero-order valence-corrected chi connectivity index (χ0v) is 15.8. The van der Waals surface area contributed by atoms with E-state index >= 15 is 0 Å². The molecule has 0 radical (unpaired) electrons. The summed E-state index contributed by atoms with van der Waals surface area (Å²) in [7, 11) is 1.26. The molecule has 2 N–H and O–H groups in total. The predicted molar refractivity (Wildman–Crippen MR) is 101 cm³/mol. The van der Waals surface area contributed by atoms with E-state index in [1.54, 1.807) is 30.3 Å². The number of nitrogens with one attached hydrogen (secondary N) is 2. The molecule has 2 amide bonds. The zero-order valence-electron chi connectivity index (χ0n) is 14.2. The molecule has 0 bridgehead atoms. The van der Waals surface area contributed by atoms with Crippen LogP contribution in [0.1, 0.15) is 15.9 Å². The number of hydrogen-bond donors (Lipinski definition) is 2. The van der Waals surface area contributed by atoms with Gasteiger partial charge in [0.05, 0.1) is 13.7 Å². The van der Waals surface area contributed by atoms with Crippen molar-refractivity contribution < 1.29 is 19.1 Å². The number of esters is 1. The maximum Gasteiger partial charge on any atom is 0.328 e. The summed E-state index contributed by atoms with van der Waals surface area (Å²) in [6, 6.07) is 15.1. The number of amides is 2. The Morgan fingerprint density at radius 2 is 1.69 bits per heavy atom. The van der Waals surface area contributed by atoms with Gasteiger partial charge in [-0.2, -0.15) is 0 Å². The Morgan fingerprint density at radius 1 is 1.04 bits per heavy atom. The number of ether oxygens (including phenoxy) is 1. The quantitative estimate of drug-likeness (QED) is 0.674. The summed E-state index contributed by atoms with van der Waals surface area (Å²) in [6.07, 6.45) is 0.270. The first-order valence-corrected chi connectivity index (χ1v) is 8.74. The molecular weight excluding hydrogens is 400 g/mol. The van der Waals surface area contributed by atoms with Gasteiger partial charge in [0.2, 0.25) is 5.91 Å². The third kappa shape index (κ3) is 5.70. The summed E-state index contributed by atoms with van der Waals surface area (Å²) in [6.45, 7) is -0.239. The molecule has 6 nitrogen and oxygen atoms in total. The number of carbonyl (C=O) groups is 3. The highest BCUT2D eigenvalue weighted by Crippen LogP contribution is 2.17. The number of halogens is 1. The largest absolute Gasteiger partial charge is 0.467 e. The van der Waals surface area contributed by atoms with Crippen LogP contribution in [0.15, 0.2) is 59.1 Å². The minimum Gasteiger partial charge on any atom is -0.467 e. The van der Waals surface area contributed by atoms with E-state index in [4.69, 9.17) is 4.74 Å². The van der Waals surface area contributed by atoms with E-state index < -0.39 is 17.9 Å². The molecule has 0 aliphatic heterocycles. The van der Waals surface area contributed by atoms with Gasteiger partial charge in [-0.1, -0.05) is 52.3 Å². The summed E-state index contributed by atoms with van der Waals surface area (Å²) in [5.74, 6) is -1.39. The van der Waals surface area contributed by atoms with Crippen molar-refractivity contribution in [3.63, 3.8) is 0 Å². The Labute approximate surface area is 160 Å². The number of carbonyl (C=O) groups excluding carboxylic acids is 3. The normalized spacial score (nSPS) is 11.3. The van der Waals surface area contributed by atoms with Gasteiger partial charge >= 0.3 is 5.97 Å². The Morgan fingerprint density at radius 3 is 2.35 bits per heavy atom. The Bertz CT molecular complexity index is 780. The van der Waals surface area contributed by atoms with E-state index in [0.717, 1.165) is 10.0 Å². The lowest BCUT2D eigenvalue weighted by Gasteiger charge is -2.17. The summed E-state index contributed by atoms with van der Waals surface area (Å²) < 4.78 is 5.60. The van der Waals surface area contributed by atoms with Crippen LogP contribution in [0.4, 0.5) is 0 Å². The molecule has 0 spiro atoms. The van der Waals surface area contributed by atoms with E-state index in [2.05, 4.69) is 26.6 Å². The molecule has 26 heavy (non-hydrogen) atoms. The highest BCUT2D eigenvalue weighted by atomic mass is 79.9. The molecule has 0 fully saturated rings. The first-order valence-electron chi connectivity index (χ1n) is 7.95. The molecular formula is C19H19BrN2O4. The Hall–Kier alpha value is -2.67. The molecule has 136 valence electrons. The minimum absolute atomic E-state index is 0.239. The molecule has 0 unspecified atom stereocenters. The van der Waals surface area contributed by atoms with Crippen LogP contribution in [0.2, 0.25) is 0 Å². The fourth-order valence-electron chi connectivity index (χ4n) is 2.32. The second-order valence-electron chi connectivity index (χ2n) is 5.49. The maximum atomic E-state index is 12.1. The molecule has 0 saturated carbocycles. The first kappa shape index (κ1) is 19.7. The van der Waals surface area contributed by atoms with Gasteiger partial charge in [-0.05, 0) is 23.8 Å². The summed E-state index contributed by atoms with van der Waals surface area (Å²) in [5.41, 5.74) is 1.31. The topological polar surface area (TPSA) is 84.5 Å². The molecule has 1 atom stereocenters. The number of methoxy groups -OCH3 is 1. The van der Waals surface area contributed by atoms with Gasteiger partial charge in [0, 0.05) is 16.5 Å². The van der Waals surface area contributed by atoms with Crippen LogP contribution in [0, 0.1) is 0 Å². The monoisotopic (exact) mass is 418 g/mol. The van der Waals surface area contributed by atoms with E-state index in [0.29, 0.717) is 5.56 Å². The lowest BCUT2D eigenvalue weighted by atomic mass is 10.1. The van der Waals surface area contributed by atoms with E-state index in [1.165, 1.54) is 7.11 Å². The van der Waals surface area contributed by atoms with Crippen molar-refractivity contribution >= 4 is 33.7 Å². The molecule has 0 heterocycles. The van der Waals surface area contributed by atoms with Crippen LogP contribution in [0.5, 0.6) is 0 Å². The first-order chi connectivity index (χ1) is 12.5. The van der Waals surface area contributed by atoms with Crippen LogP contribution in [-0.2, 0) is 20.7 Å². The molecule has 2 aromatic rings. The van der Waals surface area contributed by atoms with Gasteiger partial charge in [-0.25, -0.2) is 4.79 Å². The van der Waals surface area contributed by atoms with Crippen LogP contribution >= 0.6 is 15.9 Å². The molecule has 0 aromatic heterocycles. The predicted octanol–water partition coefficient (Wildman–Crippen LogP) is 2.08. The number of hydrogen-bond acceptors (Lipinski definition) is 4. The maximum absolute atomic E-state index is 12.1. The Kier molecular flexibility index (Phi) is 7.35. The van der Waals surface area contributed by atoms with Crippen LogP contribution < -0.4 is 10.6 Å². The smallest absolute Gasteiger partial charge is 0.328 e. The average Bonchev–Trinajstić information content (AvgIpc) is 2.67. The van der Waals surface area contributed by atoms with Crippen LogP contribution in [-0.4, -0.2) is 37.5 Å². The fraction of sp³-hybridized carbons (Fsp3) is 0.211. The van der Waals surface area contributed by atoms with E-state index in [1.807, 2.05) is 24.3 Å². The van der Waals surface area contributed by atoms with Crippen molar-refractivity contribution in [2.75, 3.05) is 13.7 Å². The van der Waals surface area contributed by atoms with Crippen molar-refractivity contribution in [1.29, 1.82) is 0 Å². The third-order valence-electron chi connectivity index (χ3n) is 3.65. The summed E-state index contributed by atoms with van der Waals surface area (Å²) in [5, 5.41) is 5.13. The van der Waals surface area contributed by atoms with Gasteiger partial charge < -0.3 is 15.4 Å². The number of benzene rings is 2. The lowest BCUT2D eigenvalue weighted by Crippen LogP contribution is -2.47. The third-order valence-corrected chi connectivity index (χ3v) is 4.42. The molecule has 2 aromatic carbocycles. The second-order valence-corrected chi connectivity index (χ2v) is 6.34. The summed E-state index contributed by atoms with van der Waals surface area (Å²) >= 11 is 3.42. The molecule has 2 rings (SSSR count). The van der Waals surface area contributed by atoms with Crippen LogP contribution in [0.3, 0.4) is 0 Å². The van der Waals surface area contributed by atoms with Gasteiger partial charge in [-0.3, -0.25) is 9.59 Å². The molecule has 7 heteroatoms. The van der Waals surface area contributed by atoms with Crippen molar-refractivity contribution in [1.82, 2.24) is 10.6 Å². The highest BCUT2D eigenvalue weighted by molar-refractivity contribution is 9.10. The van der Waals surface area contributed by atoms with Gasteiger partial charge in [0.1, 0.15) is 6.04 Å². The van der Waals surface area contributed by atoms with Crippen molar-refractivity contribution in [3.05, 3.63) is 70.2 Å².